The number of benzene rings is 1. The van der Waals surface area contributed by atoms with Crippen molar-refractivity contribution in [1.82, 2.24) is 10.3 Å². The van der Waals surface area contributed by atoms with Gasteiger partial charge in [0.25, 0.3) is 0 Å². The molecule has 0 spiro atoms. The minimum Gasteiger partial charge on any atom is -0.346 e. The van der Waals surface area contributed by atoms with Crippen LogP contribution in [-0.4, -0.2) is 24.6 Å². The SMILES string of the molecule is CNCC1Cc2ccccc2CN1c1ncc(Cl)cc1Cl. The second kappa shape index (κ2) is 6.22. The fraction of sp³-hybridized carbons (Fsp3) is 0.312. The maximum Gasteiger partial charge on any atom is 0.148 e. The summed E-state index contributed by atoms with van der Waals surface area (Å²) in [7, 11) is 1.97. The van der Waals surface area contributed by atoms with Crippen molar-refractivity contribution in [2.24, 2.45) is 0 Å². The van der Waals surface area contributed by atoms with Gasteiger partial charge in [-0.1, -0.05) is 47.5 Å². The van der Waals surface area contributed by atoms with Crippen LogP contribution < -0.4 is 10.2 Å². The van der Waals surface area contributed by atoms with Crippen molar-refractivity contribution in [3.63, 3.8) is 0 Å². The van der Waals surface area contributed by atoms with Crippen LogP contribution in [0, 0.1) is 0 Å². The number of anilines is 1. The lowest BCUT2D eigenvalue weighted by Gasteiger charge is -2.38. The Morgan fingerprint density at radius 2 is 2.05 bits per heavy atom. The molecule has 2 heterocycles. The molecule has 1 aromatic heterocycles. The van der Waals surface area contributed by atoms with Crippen LogP contribution in [0.2, 0.25) is 10.0 Å². The molecule has 5 heteroatoms. The smallest absolute Gasteiger partial charge is 0.148 e. The van der Waals surface area contributed by atoms with Gasteiger partial charge in [0.1, 0.15) is 5.82 Å². The first-order chi connectivity index (χ1) is 10.2. The van der Waals surface area contributed by atoms with Gasteiger partial charge in [0.05, 0.1) is 10.0 Å². The average Bonchev–Trinajstić information content (AvgIpc) is 2.47. The Kier molecular flexibility index (Phi) is 4.34. The molecule has 0 bridgehead atoms. The summed E-state index contributed by atoms with van der Waals surface area (Å²) in [5.74, 6) is 0.802. The van der Waals surface area contributed by atoms with Crippen LogP contribution in [0.1, 0.15) is 11.1 Å². The Balaban J connectivity index is 1.99. The molecule has 1 unspecified atom stereocenters. The first kappa shape index (κ1) is 14.6. The van der Waals surface area contributed by atoms with Gasteiger partial charge in [-0.2, -0.15) is 0 Å². The molecule has 110 valence electrons. The van der Waals surface area contributed by atoms with Gasteiger partial charge < -0.3 is 10.2 Å². The van der Waals surface area contributed by atoms with E-state index in [1.165, 1.54) is 11.1 Å². The van der Waals surface area contributed by atoms with E-state index >= 15 is 0 Å². The van der Waals surface area contributed by atoms with Crippen LogP contribution in [0.15, 0.2) is 36.5 Å². The van der Waals surface area contributed by atoms with E-state index in [0.717, 1.165) is 25.3 Å². The van der Waals surface area contributed by atoms with E-state index in [4.69, 9.17) is 23.2 Å². The molecule has 0 saturated heterocycles. The summed E-state index contributed by atoms with van der Waals surface area (Å²) in [4.78, 5) is 6.70. The van der Waals surface area contributed by atoms with E-state index in [1.54, 1.807) is 12.3 Å². The van der Waals surface area contributed by atoms with Gasteiger partial charge in [0.2, 0.25) is 0 Å². The molecule has 0 aliphatic carbocycles. The Labute approximate surface area is 134 Å². The molecule has 3 rings (SSSR count). The highest BCUT2D eigenvalue weighted by Gasteiger charge is 2.27. The van der Waals surface area contributed by atoms with Crippen molar-refractivity contribution < 1.29 is 0 Å². The fourth-order valence-corrected chi connectivity index (χ4v) is 3.36. The van der Waals surface area contributed by atoms with Crippen molar-refractivity contribution in [1.29, 1.82) is 0 Å². The fourth-order valence-electron chi connectivity index (χ4n) is 2.87. The van der Waals surface area contributed by atoms with Gasteiger partial charge in [0, 0.05) is 25.3 Å². The van der Waals surface area contributed by atoms with Crippen LogP contribution in [0.5, 0.6) is 0 Å². The summed E-state index contributed by atoms with van der Waals surface area (Å²) in [5.41, 5.74) is 2.73. The quantitative estimate of drug-likeness (QED) is 0.937. The van der Waals surface area contributed by atoms with Gasteiger partial charge in [0.15, 0.2) is 0 Å². The Hall–Kier alpha value is -1.29. The zero-order chi connectivity index (χ0) is 14.8. The second-order valence-electron chi connectivity index (χ2n) is 5.27. The Bertz CT molecular complexity index is 645. The summed E-state index contributed by atoms with van der Waals surface area (Å²) < 4.78 is 0. The Morgan fingerprint density at radius 1 is 1.29 bits per heavy atom. The molecular weight excluding hydrogens is 305 g/mol. The molecule has 1 N–H and O–H groups in total. The van der Waals surface area contributed by atoms with Crippen molar-refractivity contribution in [3.05, 3.63) is 57.7 Å². The Morgan fingerprint density at radius 3 is 2.76 bits per heavy atom. The van der Waals surface area contributed by atoms with Gasteiger partial charge in [-0.15, -0.1) is 0 Å². The van der Waals surface area contributed by atoms with Crippen LogP contribution >= 0.6 is 23.2 Å². The van der Waals surface area contributed by atoms with Crippen molar-refractivity contribution in [3.8, 4) is 0 Å². The lowest BCUT2D eigenvalue weighted by Crippen LogP contribution is -2.46. The standard InChI is InChI=1S/C16H17Cl2N3/c1-19-9-14-6-11-4-2-3-5-12(11)10-21(14)16-15(18)7-13(17)8-20-16/h2-5,7-8,14,19H,6,9-10H2,1H3. The van der Waals surface area contributed by atoms with E-state index in [0.29, 0.717) is 16.1 Å². The molecule has 2 aromatic rings. The molecule has 1 atom stereocenters. The zero-order valence-corrected chi connectivity index (χ0v) is 13.3. The molecule has 0 amide bonds. The average molecular weight is 322 g/mol. The molecule has 0 radical (unpaired) electrons. The number of rotatable bonds is 3. The molecule has 3 nitrogen and oxygen atoms in total. The van der Waals surface area contributed by atoms with Crippen LogP contribution in [-0.2, 0) is 13.0 Å². The van der Waals surface area contributed by atoms with Crippen LogP contribution in [0.3, 0.4) is 0 Å². The minimum absolute atomic E-state index is 0.330. The largest absolute Gasteiger partial charge is 0.346 e. The molecule has 1 aliphatic rings. The maximum atomic E-state index is 6.35. The lowest BCUT2D eigenvalue weighted by atomic mass is 9.94. The van der Waals surface area contributed by atoms with Crippen LogP contribution in [0.4, 0.5) is 5.82 Å². The van der Waals surface area contributed by atoms with E-state index in [9.17, 15) is 0 Å². The summed E-state index contributed by atoms with van der Waals surface area (Å²) >= 11 is 12.3. The molecule has 1 aliphatic heterocycles. The first-order valence-corrected chi connectivity index (χ1v) is 7.73. The summed E-state index contributed by atoms with van der Waals surface area (Å²) in [6.07, 6.45) is 2.64. The number of nitrogens with zero attached hydrogens (tertiary/aromatic N) is 2. The van der Waals surface area contributed by atoms with Crippen molar-refractivity contribution >= 4 is 29.0 Å². The highest BCUT2D eigenvalue weighted by Crippen LogP contribution is 2.32. The van der Waals surface area contributed by atoms with Gasteiger partial charge >= 0.3 is 0 Å². The van der Waals surface area contributed by atoms with E-state index < -0.39 is 0 Å². The predicted octanol–water partition coefficient (Wildman–Crippen LogP) is 3.54. The summed E-state index contributed by atoms with van der Waals surface area (Å²) in [6.45, 7) is 1.70. The monoisotopic (exact) mass is 321 g/mol. The molecule has 1 aromatic carbocycles. The maximum absolute atomic E-state index is 6.35. The number of nitrogens with one attached hydrogen (secondary N) is 1. The third-order valence-corrected chi connectivity index (χ3v) is 4.34. The number of hydrogen-bond acceptors (Lipinski definition) is 3. The van der Waals surface area contributed by atoms with Crippen LogP contribution in [0.25, 0.3) is 0 Å². The molecule has 0 saturated carbocycles. The molecule has 21 heavy (non-hydrogen) atoms. The number of hydrogen-bond donors (Lipinski definition) is 1. The number of aromatic nitrogens is 1. The third kappa shape index (κ3) is 3.00. The second-order valence-corrected chi connectivity index (χ2v) is 6.11. The number of fused-ring (bicyclic) bond motifs is 1. The van der Waals surface area contributed by atoms with Gasteiger partial charge in [-0.25, -0.2) is 4.98 Å². The highest BCUT2D eigenvalue weighted by molar-refractivity contribution is 6.36. The van der Waals surface area contributed by atoms with E-state index in [-0.39, 0.29) is 0 Å². The summed E-state index contributed by atoms with van der Waals surface area (Å²) in [6, 6.07) is 10.6. The van der Waals surface area contributed by atoms with E-state index in [2.05, 4.69) is 39.5 Å². The highest BCUT2D eigenvalue weighted by atomic mass is 35.5. The molecule has 0 fully saturated rings. The predicted molar refractivity (Wildman–Crippen MR) is 88.3 cm³/mol. The van der Waals surface area contributed by atoms with Crippen molar-refractivity contribution in [2.45, 2.75) is 19.0 Å². The van der Waals surface area contributed by atoms with Crippen molar-refractivity contribution in [2.75, 3.05) is 18.5 Å². The number of likely N-dealkylation sites (N-methyl/N-ethyl adjacent to an activating group) is 1. The minimum atomic E-state index is 0.330. The molecular formula is C16H17Cl2N3. The van der Waals surface area contributed by atoms with Gasteiger partial charge in [-0.05, 0) is 30.7 Å². The number of halogens is 2. The normalized spacial score (nSPS) is 17.7. The van der Waals surface area contributed by atoms with Gasteiger partial charge in [-0.3, -0.25) is 0 Å². The first-order valence-electron chi connectivity index (χ1n) is 6.98. The summed E-state index contributed by atoms with van der Waals surface area (Å²) in [5, 5.41) is 4.42. The third-order valence-electron chi connectivity index (χ3n) is 3.86. The van der Waals surface area contributed by atoms with E-state index in [1.807, 2.05) is 7.05 Å². The zero-order valence-electron chi connectivity index (χ0n) is 11.8. The number of pyridine rings is 1. The topological polar surface area (TPSA) is 28.2 Å². The lowest BCUT2D eigenvalue weighted by molar-refractivity contribution is 0.523.